The Hall–Kier alpha value is -2.21. The summed E-state index contributed by atoms with van der Waals surface area (Å²) in [5, 5.41) is 26.2. The molecular weight excluding hydrogens is 258 g/mol. The van der Waals surface area contributed by atoms with E-state index in [9.17, 15) is 9.90 Å². The van der Waals surface area contributed by atoms with Gasteiger partial charge >= 0.3 is 5.97 Å². The molecule has 106 valence electrons. The quantitative estimate of drug-likeness (QED) is 0.839. The molecule has 6 nitrogen and oxygen atoms in total. The van der Waals surface area contributed by atoms with Crippen molar-refractivity contribution in [3.8, 4) is 5.69 Å². The Bertz CT molecular complexity index is 590. The number of hydrogen-bond acceptors (Lipinski definition) is 4. The summed E-state index contributed by atoms with van der Waals surface area (Å²) < 4.78 is 1.66. The van der Waals surface area contributed by atoms with Gasteiger partial charge in [-0.2, -0.15) is 0 Å². The summed E-state index contributed by atoms with van der Waals surface area (Å²) in [6.45, 7) is 1.95. The Morgan fingerprint density at radius 3 is 2.55 bits per heavy atom. The van der Waals surface area contributed by atoms with Crippen LogP contribution in [0.5, 0.6) is 0 Å². The summed E-state index contributed by atoms with van der Waals surface area (Å²) in [7, 11) is 0. The monoisotopic (exact) mass is 275 g/mol. The fourth-order valence-corrected chi connectivity index (χ4v) is 2.00. The number of aromatic carboxylic acids is 1. The first-order valence-corrected chi connectivity index (χ1v) is 6.55. The minimum Gasteiger partial charge on any atom is -0.478 e. The minimum absolute atomic E-state index is 0.147. The van der Waals surface area contributed by atoms with Crippen molar-refractivity contribution in [1.29, 1.82) is 0 Å². The van der Waals surface area contributed by atoms with Crippen LogP contribution in [-0.2, 0) is 13.0 Å². The molecule has 0 saturated carbocycles. The number of aliphatic hydroxyl groups excluding tert-OH is 1. The molecule has 2 rings (SSSR count). The molecule has 0 saturated heterocycles. The molecular formula is C14H17N3O3. The summed E-state index contributed by atoms with van der Waals surface area (Å²) in [6.07, 6.45) is 2.79. The van der Waals surface area contributed by atoms with Crippen molar-refractivity contribution in [3.05, 3.63) is 41.2 Å². The van der Waals surface area contributed by atoms with Gasteiger partial charge in [0.25, 0.3) is 0 Å². The Balaban J connectivity index is 2.36. The lowest BCUT2D eigenvalue weighted by molar-refractivity contribution is 0.0697. The molecule has 1 aromatic heterocycles. The average molecular weight is 275 g/mol. The van der Waals surface area contributed by atoms with Crippen LogP contribution in [0.15, 0.2) is 24.3 Å². The SMILES string of the molecule is CCCCc1c(CO)nnn1-c1ccc(C(=O)O)cc1. The second kappa shape index (κ2) is 6.29. The third kappa shape index (κ3) is 2.85. The molecule has 1 aromatic carbocycles. The van der Waals surface area contributed by atoms with Crippen molar-refractivity contribution < 1.29 is 15.0 Å². The summed E-state index contributed by atoms with van der Waals surface area (Å²) in [4.78, 5) is 10.8. The molecule has 0 atom stereocenters. The standard InChI is InChI=1S/C14H17N3O3/c1-2-3-4-13-12(9-18)15-16-17(13)11-7-5-10(6-8-11)14(19)20/h5-8,18H,2-4,9H2,1H3,(H,19,20). The lowest BCUT2D eigenvalue weighted by Gasteiger charge is -2.07. The van der Waals surface area contributed by atoms with Gasteiger partial charge < -0.3 is 10.2 Å². The zero-order valence-electron chi connectivity index (χ0n) is 11.3. The van der Waals surface area contributed by atoms with Crippen LogP contribution >= 0.6 is 0 Å². The van der Waals surface area contributed by atoms with Gasteiger partial charge in [-0.3, -0.25) is 0 Å². The number of aliphatic hydroxyl groups is 1. The second-order valence-electron chi connectivity index (χ2n) is 4.51. The normalized spacial score (nSPS) is 10.7. The molecule has 0 aliphatic heterocycles. The highest BCUT2D eigenvalue weighted by atomic mass is 16.4. The Morgan fingerprint density at radius 1 is 1.30 bits per heavy atom. The van der Waals surface area contributed by atoms with E-state index in [0.29, 0.717) is 5.69 Å². The van der Waals surface area contributed by atoms with Gasteiger partial charge in [-0.15, -0.1) is 5.10 Å². The Morgan fingerprint density at radius 2 is 2.00 bits per heavy atom. The van der Waals surface area contributed by atoms with Crippen LogP contribution < -0.4 is 0 Å². The number of carboxylic acids is 1. The molecule has 0 fully saturated rings. The number of unbranched alkanes of at least 4 members (excludes halogenated alkanes) is 1. The van der Waals surface area contributed by atoms with Crippen LogP contribution in [0.4, 0.5) is 0 Å². The number of nitrogens with zero attached hydrogens (tertiary/aromatic N) is 3. The summed E-state index contributed by atoms with van der Waals surface area (Å²) >= 11 is 0. The van der Waals surface area contributed by atoms with Crippen molar-refractivity contribution in [1.82, 2.24) is 15.0 Å². The number of aromatic nitrogens is 3. The van der Waals surface area contributed by atoms with E-state index in [2.05, 4.69) is 17.2 Å². The summed E-state index contributed by atoms with van der Waals surface area (Å²) in [6, 6.07) is 6.44. The van der Waals surface area contributed by atoms with Crippen molar-refractivity contribution in [2.45, 2.75) is 32.8 Å². The smallest absolute Gasteiger partial charge is 0.335 e. The lowest BCUT2D eigenvalue weighted by atomic mass is 10.1. The lowest BCUT2D eigenvalue weighted by Crippen LogP contribution is -2.05. The van der Waals surface area contributed by atoms with Crippen LogP contribution in [0, 0.1) is 0 Å². The number of rotatable bonds is 6. The largest absolute Gasteiger partial charge is 0.478 e. The van der Waals surface area contributed by atoms with Crippen molar-refractivity contribution in [2.24, 2.45) is 0 Å². The Kier molecular flexibility index (Phi) is 4.47. The average Bonchev–Trinajstić information content (AvgIpc) is 2.88. The first kappa shape index (κ1) is 14.2. The van der Waals surface area contributed by atoms with Crippen molar-refractivity contribution >= 4 is 5.97 Å². The number of benzene rings is 1. The summed E-state index contributed by atoms with van der Waals surface area (Å²) in [5.41, 5.74) is 2.41. The maximum Gasteiger partial charge on any atom is 0.335 e. The number of carboxylic acid groups (broad SMARTS) is 1. The molecule has 2 aromatic rings. The highest BCUT2D eigenvalue weighted by Crippen LogP contribution is 2.16. The molecule has 0 aliphatic carbocycles. The molecule has 1 heterocycles. The van der Waals surface area contributed by atoms with E-state index in [-0.39, 0.29) is 12.2 Å². The van der Waals surface area contributed by atoms with Gasteiger partial charge in [0.05, 0.1) is 23.6 Å². The predicted molar refractivity (Wildman–Crippen MR) is 72.9 cm³/mol. The van der Waals surface area contributed by atoms with E-state index in [1.165, 1.54) is 12.1 Å². The molecule has 2 N–H and O–H groups in total. The predicted octanol–water partition coefficient (Wildman–Crippen LogP) is 1.80. The number of hydrogen-bond donors (Lipinski definition) is 2. The van der Waals surface area contributed by atoms with Gasteiger partial charge in [-0.05, 0) is 37.1 Å². The molecule has 0 amide bonds. The van der Waals surface area contributed by atoms with Gasteiger partial charge in [-0.25, -0.2) is 9.48 Å². The van der Waals surface area contributed by atoms with Gasteiger partial charge in [0.1, 0.15) is 5.69 Å². The molecule has 0 aliphatic rings. The number of carbonyl (C=O) groups is 1. The zero-order chi connectivity index (χ0) is 14.5. The molecule has 0 spiro atoms. The van der Waals surface area contributed by atoms with Crippen molar-refractivity contribution in [3.63, 3.8) is 0 Å². The molecule has 20 heavy (non-hydrogen) atoms. The Labute approximate surface area is 116 Å². The fraction of sp³-hybridized carbons (Fsp3) is 0.357. The van der Waals surface area contributed by atoms with Crippen LogP contribution in [0.25, 0.3) is 5.69 Å². The van der Waals surface area contributed by atoms with Gasteiger partial charge in [0.2, 0.25) is 0 Å². The van der Waals surface area contributed by atoms with Crippen LogP contribution in [0.3, 0.4) is 0 Å². The van der Waals surface area contributed by atoms with E-state index in [0.717, 1.165) is 30.6 Å². The molecule has 0 radical (unpaired) electrons. The van der Waals surface area contributed by atoms with Crippen LogP contribution in [-0.4, -0.2) is 31.2 Å². The van der Waals surface area contributed by atoms with E-state index >= 15 is 0 Å². The van der Waals surface area contributed by atoms with E-state index in [1.807, 2.05) is 0 Å². The van der Waals surface area contributed by atoms with Gasteiger partial charge in [0.15, 0.2) is 0 Å². The highest BCUT2D eigenvalue weighted by Gasteiger charge is 2.13. The van der Waals surface area contributed by atoms with Gasteiger partial charge in [0, 0.05) is 0 Å². The topological polar surface area (TPSA) is 88.2 Å². The van der Waals surface area contributed by atoms with Crippen LogP contribution in [0.1, 0.15) is 41.5 Å². The molecule has 0 bridgehead atoms. The maximum absolute atomic E-state index is 10.8. The third-order valence-electron chi connectivity index (χ3n) is 3.12. The third-order valence-corrected chi connectivity index (χ3v) is 3.12. The molecule has 6 heteroatoms. The first-order valence-electron chi connectivity index (χ1n) is 6.55. The van der Waals surface area contributed by atoms with E-state index in [4.69, 9.17) is 5.11 Å². The molecule has 0 unspecified atom stereocenters. The zero-order valence-corrected chi connectivity index (χ0v) is 11.3. The maximum atomic E-state index is 10.8. The first-order chi connectivity index (χ1) is 9.67. The van der Waals surface area contributed by atoms with Crippen LogP contribution in [0.2, 0.25) is 0 Å². The van der Waals surface area contributed by atoms with Gasteiger partial charge in [-0.1, -0.05) is 18.6 Å². The highest BCUT2D eigenvalue weighted by molar-refractivity contribution is 5.87. The van der Waals surface area contributed by atoms with Crippen molar-refractivity contribution in [2.75, 3.05) is 0 Å². The fourth-order valence-electron chi connectivity index (χ4n) is 2.00. The second-order valence-corrected chi connectivity index (χ2v) is 4.51. The van der Waals surface area contributed by atoms with E-state index in [1.54, 1.807) is 16.8 Å². The summed E-state index contributed by atoms with van der Waals surface area (Å²) in [5.74, 6) is -0.961. The van der Waals surface area contributed by atoms with E-state index < -0.39 is 5.97 Å². The minimum atomic E-state index is -0.961.